The maximum absolute atomic E-state index is 11.3. The van der Waals surface area contributed by atoms with Crippen molar-refractivity contribution in [3.8, 4) is 5.75 Å². The molecule has 1 N–H and O–H groups in total. The number of carbonyl (C=O) groups excluding carboxylic acids is 1. The lowest BCUT2D eigenvalue weighted by Crippen LogP contribution is -2.44. The van der Waals surface area contributed by atoms with E-state index in [0.717, 1.165) is 12.2 Å². The molecule has 92 valence electrons. The van der Waals surface area contributed by atoms with Crippen LogP contribution in [0.5, 0.6) is 5.75 Å². The van der Waals surface area contributed by atoms with E-state index in [1.54, 1.807) is 7.11 Å². The van der Waals surface area contributed by atoms with E-state index in [-0.39, 0.29) is 11.3 Å². The zero-order chi connectivity index (χ0) is 12.5. The maximum Gasteiger partial charge on any atom is 0.220 e. The molecule has 1 amide bonds. The van der Waals surface area contributed by atoms with Crippen LogP contribution in [0.15, 0.2) is 18.2 Å². The molecule has 1 aromatic rings. The summed E-state index contributed by atoms with van der Waals surface area (Å²) < 4.78 is 5.43. The monoisotopic (exact) mass is 233 g/mol. The van der Waals surface area contributed by atoms with Gasteiger partial charge in [0.2, 0.25) is 5.91 Å². The Hall–Kier alpha value is -1.51. The number of piperidine rings is 1. The summed E-state index contributed by atoms with van der Waals surface area (Å²) in [6.45, 7) is 4.95. The zero-order valence-electron chi connectivity index (χ0n) is 10.7. The Morgan fingerprint density at radius 2 is 2.18 bits per heavy atom. The van der Waals surface area contributed by atoms with Gasteiger partial charge in [0.1, 0.15) is 5.75 Å². The normalized spacial score (nSPS) is 24.3. The summed E-state index contributed by atoms with van der Waals surface area (Å²) in [6, 6.07) is 6.22. The lowest BCUT2D eigenvalue weighted by atomic mass is 9.75. The van der Waals surface area contributed by atoms with E-state index in [1.165, 1.54) is 11.1 Å². The number of nitrogens with one attached hydrogen (secondary N) is 1. The van der Waals surface area contributed by atoms with Crippen LogP contribution >= 0.6 is 0 Å². The van der Waals surface area contributed by atoms with Gasteiger partial charge in [0.15, 0.2) is 0 Å². The van der Waals surface area contributed by atoms with Crippen molar-refractivity contribution >= 4 is 5.91 Å². The quantitative estimate of drug-likeness (QED) is 0.850. The first kappa shape index (κ1) is 12.0. The second-order valence-corrected chi connectivity index (χ2v) is 5.04. The lowest BCUT2D eigenvalue weighted by molar-refractivity contribution is -0.123. The van der Waals surface area contributed by atoms with Gasteiger partial charge in [-0.2, -0.15) is 0 Å². The van der Waals surface area contributed by atoms with Crippen LogP contribution in [0.4, 0.5) is 0 Å². The molecule has 1 atom stereocenters. The molecule has 0 aliphatic carbocycles. The van der Waals surface area contributed by atoms with Crippen molar-refractivity contribution < 1.29 is 9.53 Å². The van der Waals surface area contributed by atoms with Gasteiger partial charge in [0.25, 0.3) is 0 Å². The van der Waals surface area contributed by atoms with Gasteiger partial charge in [-0.15, -0.1) is 0 Å². The van der Waals surface area contributed by atoms with Crippen LogP contribution < -0.4 is 10.1 Å². The summed E-state index contributed by atoms with van der Waals surface area (Å²) in [5, 5.41) is 2.95. The Bertz CT molecular complexity index is 430. The summed E-state index contributed by atoms with van der Waals surface area (Å²) in [4.78, 5) is 11.3. The van der Waals surface area contributed by atoms with Crippen molar-refractivity contribution in [2.45, 2.75) is 32.1 Å². The predicted molar refractivity (Wildman–Crippen MR) is 67.3 cm³/mol. The summed E-state index contributed by atoms with van der Waals surface area (Å²) in [7, 11) is 1.69. The Balaban J connectivity index is 2.38. The Kier molecular flexibility index (Phi) is 3.09. The van der Waals surface area contributed by atoms with Gasteiger partial charge >= 0.3 is 0 Å². The van der Waals surface area contributed by atoms with Crippen molar-refractivity contribution in [3.63, 3.8) is 0 Å². The number of hydrogen-bond acceptors (Lipinski definition) is 2. The number of aryl methyl sites for hydroxylation is 1. The highest BCUT2D eigenvalue weighted by Gasteiger charge is 2.33. The van der Waals surface area contributed by atoms with E-state index in [9.17, 15) is 4.79 Å². The van der Waals surface area contributed by atoms with Gasteiger partial charge in [0.05, 0.1) is 7.11 Å². The Labute approximate surface area is 102 Å². The summed E-state index contributed by atoms with van der Waals surface area (Å²) in [6.07, 6.45) is 1.46. The minimum Gasteiger partial charge on any atom is -0.496 e. The predicted octanol–water partition coefficient (Wildman–Crippen LogP) is 2.17. The van der Waals surface area contributed by atoms with Crippen molar-refractivity contribution in [1.29, 1.82) is 0 Å². The van der Waals surface area contributed by atoms with E-state index in [2.05, 4.69) is 25.2 Å². The standard InChI is InChI=1S/C14H19NO2/c1-10-4-5-12(17-3)11(8-10)14(2)7-6-13(16)15-9-14/h4-5,8H,6-7,9H2,1-3H3,(H,15,16). The molecule has 17 heavy (non-hydrogen) atoms. The molecule has 0 radical (unpaired) electrons. The fourth-order valence-corrected chi connectivity index (χ4v) is 2.38. The first-order valence-corrected chi connectivity index (χ1v) is 5.97. The molecule has 1 aliphatic heterocycles. The zero-order valence-corrected chi connectivity index (χ0v) is 10.7. The lowest BCUT2D eigenvalue weighted by Gasteiger charge is -2.35. The number of ether oxygens (including phenoxy) is 1. The van der Waals surface area contributed by atoms with Crippen LogP contribution in [0.25, 0.3) is 0 Å². The van der Waals surface area contributed by atoms with Crippen LogP contribution in [0.3, 0.4) is 0 Å². The fraction of sp³-hybridized carbons (Fsp3) is 0.500. The molecule has 1 saturated heterocycles. The number of carbonyl (C=O) groups is 1. The molecule has 1 heterocycles. The first-order valence-electron chi connectivity index (χ1n) is 5.97. The van der Waals surface area contributed by atoms with Crippen LogP contribution in [0.1, 0.15) is 30.9 Å². The molecule has 0 saturated carbocycles. The number of amides is 1. The Morgan fingerprint density at radius 3 is 2.76 bits per heavy atom. The maximum atomic E-state index is 11.3. The van der Waals surface area contributed by atoms with E-state index >= 15 is 0 Å². The molecular formula is C14H19NO2. The van der Waals surface area contributed by atoms with Gasteiger partial charge in [-0.3, -0.25) is 4.79 Å². The van der Waals surface area contributed by atoms with Crippen molar-refractivity contribution in [2.24, 2.45) is 0 Å². The highest BCUT2D eigenvalue weighted by Crippen LogP contribution is 2.37. The third-order valence-corrected chi connectivity index (χ3v) is 3.58. The summed E-state index contributed by atoms with van der Waals surface area (Å²) in [5.74, 6) is 1.06. The molecule has 0 spiro atoms. The molecule has 3 nitrogen and oxygen atoms in total. The van der Waals surface area contributed by atoms with Crippen molar-refractivity contribution in [1.82, 2.24) is 5.32 Å². The SMILES string of the molecule is COc1ccc(C)cc1C1(C)CCC(=O)NC1. The van der Waals surface area contributed by atoms with Gasteiger partial charge in [-0.25, -0.2) is 0 Å². The molecule has 1 fully saturated rings. The van der Waals surface area contributed by atoms with E-state index in [1.807, 2.05) is 12.1 Å². The van der Waals surface area contributed by atoms with Gasteiger partial charge in [0, 0.05) is 23.9 Å². The van der Waals surface area contributed by atoms with Crippen LogP contribution in [-0.2, 0) is 10.2 Å². The molecule has 0 aromatic heterocycles. The van der Waals surface area contributed by atoms with Gasteiger partial charge in [-0.1, -0.05) is 24.6 Å². The van der Waals surface area contributed by atoms with E-state index < -0.39 is 0 Å². The average Bonchev–Trinajstić information content (AvgIpc) is 2.33. The molecule has 1 aliphatic rings. The van der Waals surface area contributed by atoms with E-state index in [0.29, 0.717) is 13.0 Å². The smallest absolute Gasteiger partial charge is 0.220 e. The minimum absolute atomic E-state index is 0.0225. The second kappa shape index (κ2) is 4.40. The largest absolute Gasteiger partial charge is 0.496 e. The fourth-order valence-electron chi connectivity index (χ4n) is 2.38. The van der Waals surface area contributed by atoms with Crippen molar-refractivity contribution in [2.75, 3.05) is 13.7 Å². The molecule has 3 heteroatoms. The third-order valence-electron chi connectivity index (χ3n) is 3.58. The topological polar surface area (TPSA) is 38.3 Å². The van der Waals surface area contributed by atoms with Crippen molar-refractivity contribution in [3.05, 3.63) is 29.3 Å². The van der Waals surface area contributed by atoms with Crippen LogP contribution in [-0.4, -0.2) is 19.6 Å². The van der Waals surface area contributed by atoms with Crippen LogP contribution in [0.2, 0.25) is 0 Å². The summed E-state index contributed by atoms with van der Waals surface area (Å²) >= 11 is 0. The Morgan fingerprint density at radius 1 is 1.41 bits per heavy atom. The molecule has 2 rings (SSSR count). The minimum atomic E-state index is -0.0225. The third kappa shape index (κ3) is 2.28. The second-order valence-electron chi connectivity index (χ2n) is 5.04. The number of methoxy groups -OCH3 is 1. The number of benzene rings is 1. The number of hydrogen-bond donors (Lipinski definition) is 1. The molecule has 0 bridgehead atoms. The highest BCUT2D eigenvalue weighted by molar-refractivity contribution is 5.77. The number of rotatable bonds is 2. The van der Waals surface area contributed by atoms with Crippen LogP contribution in [0, 0.1) is 6.92 Å². The highest BCUT2D eigenvalue weighted by atomic mass is 16.5. The molecule has 1 aromatic carbocycles. The van der Waals surface area contributed by atoms with E-state index in [4.69, 9.17) is 4.74 Å². The molecular weight excluding hydrogens is 214 g/mol. The first-order chi connectivity index (χ1) is 8.05. The average molecular weight is 233 g/mol. The summed E-state index contributed by atoms with van der Waals surface area (Å²) in [5.41, 5.74) is 2.39. The molecule has 1 unspecified atom stereocenters. The van der Waals surface area contributed by atoms with Gasteiger partial charge < -0.3 is 10.1 Å². The van der Waals surface area contributed by atoms with Gasteiger partial charge in [-0.05, 0) is 19.4 Å².